The minimum atomic E-state index is -3.81. The topological polar surface area (TPSA) is 101 Å². The number of nitrogens with two attached hydrogens (primary N) is 1. The molecule has 0 aliphatic carbocycles. The molecule has 3 aromatic rings. The summed E-state index contributed by atoms with van der Waals surface area (Å²) in [5.74, 6) is 0.0934. The van der Waals surface area contributed by atoms with Crippen molar-refractivity contribution in [1.29, 1.82) is 0 Å². The van der Waals surface area contributed by atoms with Gasteiger partial charge in [0.2, 0.25) is 10.0 Å². The third kappa shape index (κ3) is 5.07. The number of hydrogen-bond acceptors (Lipinski definition) is 5. The summed E-state index contributed by atoms with van der Waals surface area (Å²) < 4.78 is 29.9. The molecule has 1 aromatic heterocycles. The molecule has 8 heteroatoms. The van der Waals surface area contributed by atoms with Crippen LogP contribution in [0.5, 0.6) is 0 Å². The Labute approximate surface area is 178 Å². The van der Waals surface area contributed by atoms with Gasteiger partial charge in [-0.2, -0.15) is 4.31 Å². The van der Waals surface area contributed by atoms with Crippen molar-refractivity contribution in [3.05, 3.63) is 60.4 Å². The van der Waals surface area contributed by atoms with Gasteiger partial charge in [0, 0.05) is 26.2 Å². The van der Waals surface area contributed by atoms with Crippen molar-refractivity contribution in [3.8, 4) is 0 Å². The number of rotatable bonds is 9. The maximum absolute atomic E-state index is 13.4. The average molecular weight is 431 g/mol. The molecule has 2 aromatic carbocycles. The van der Waals surface area contributed by atoms with E-state index in [2.05, 4.69) is 4.98 Å². The Hall–Kier alpha value is -2.26. The van der Waals surface area contributed by atoms with Gasteiger partial charge in [0.25, 0.3) is 0 Å². The van der Waals surface area contributed by atoms with Crippen molar-refractivity contribution < 1.29 is 13.5 Å². The smallest absolute Gasteiger partial charge is 0.243 e. The summed E-state index contributed by atoms with van der Waals surface area (Å²) in [5.41, 5.74) is 8.68. The van der Waals surface area contributed by atoms with Crippen molar-refractivity contribution in [3.63, 3.8) is 0 Å². The second kappa shape index (κ2) is 9.26. The lowest BCUT2D eigenvalue weighted by atomic mass is 10.0. The maximum Gasteiger partial charge on any atom is 0.243 e. The molecule has 7 nitrogen and oxygen atoms in total. The zero-order valence-electron chi connectivity index (χ0n) is 17.6. The van der Waals surface area contributed by atoms with Gasteiger partial charge in [0.1, 0.15) is 0 Å². The molecule has 0 aliphatic rings. The molecular weight excluding hydrogens is 400 g/mol. The number of hydrogen-bond donors (Lipinski definition) is 2. The third-order valence-corrected chi connectivity index (χ3v) is 6.93. The number of imidazole rings is 1. The molecule has 3 rings (SSSR count). The van der Waals surface area contributed by atoms with E-state index in [4.69, 9.17) is 5.73 Å². The van der Waals surface area contributed by atoms with Crippen molar-refractivity contribution in [2.45, 2.75) is 37.3 Å². The fourth-order valence-corrected chi connectivity index (χ4v) is 5.11. The number of benzene rings is 2. The number of aromatic nitrogens is 2. The maximum atomic E-state index is 13.4. The molecule has 0 aliphatic heterocycles. The Kier molecular flexibility index (Phi) is 6.92. The van der Waals surface area contributed by atoms with Crippen LogP contribution in [0.25, 0.3) is 11.0 Å². The highest BCUT2D eigenvalue weighted by Gasteiger charge is 2.29. The lowest BCUT2D eigenvalue weighted by Gasteiger charge is -2.28. The first-order chi connectivity index (χ1) is 14.2. The first-order valence-corrected chi connectivity index (χ1v) is 11.5. The van der Waals surface area contributed by atoms with Crippen molar-refractivity contribution in [2.24, 2.45) is 18.7 Å². The Bertz CT molecular complexity index is 1080. The van der Waals surface area contributed by atoms with Crippen LogP contribution in [-0.4, -0.2) is 52.6 Å². The highest BCUT2D eigenvalue weighted by atomic mass is 32.2. The van der Waals surface area contributed by atoms with E-state index in [-0.39, 0.29) is 23.9 Å². The second-order valence-corrected chi connectivity index (χ2v) is 10.1. The number of aryl methyl sites for hydroxylation is 1. The van der Waals surface area contributed by atoms with Crippen molar-refractivity contribution in [2.75, 3.05) is 13.1 Å². The van der Waals surface area contributed by atoms with E-state index in [0.29, 0.717) is 11.9 Å². The van der Waals surface area contributed by atoms with E-state index in [1.807, 2.05) is 55.8 Å². The summed E-state index contributed by atoms with van der Waals surface area (Å²) in [6.45, 7) is 4.12. The molecule has 0 radical (unpaired) electrons. The van der Waals surface area contributed by atoms with Gasteiger partial charge in [-0.25, -0.2) is 13.4 Å². The molecule has 0 fully saturated rings. The largest absolute Gasteiger partial charge is 0.390 e. The minimum Gasteiger partial charge on any atom is -0.390 e. The van der Waals surface area contributed by atoms with Crippen LogP contribution in [-0.2, 0) is 23.5 Å². The molecule has 1 heterocycles. The Balaban J connectivity index is 1.82. The lowest BCUT2D eigenvalue weighted by Crippen LogP contribution is -2.47. The van der Waals surface area contributed by atoms with Gasteiger partial charge in [0.05, 0.1) is 28.4 Å². The van der Waals surface area contributed by atoms with Gasteiger partial charge in [-0.3, -0.25) is 0 Å². The Morgan fingerprint density at radius 1 is 1.13 bits per heavy atom. The predicted molar refractivity (Wildman–Crippen MR) is 118 cm³/mol. The SMILES string of the molecule is CC(C)CN(C[C@@H](O)[C@@H](N)Cc1ccccc1)S(=O)(=O)c1ccc2c(c1)ncn2C. The van der Waals surface area contributed by atoms with E-state index < -0.39 is 22.2 Å². The fraction of sp³-hybridized carbons (Fsp3) is 0.409. The highest BCUT2D eigenvalue weighted by Crippen LogP contribution is 2.22. The molecule has 0 amide bonds. The van der Waals surface area contributed by atoms with E-state index in [0.717, 1.165) is 11.1 Å². The molecule has 0 saturated heterocycles. The molecule has 162 valence electrons. The average Bonchev–Trinajstić information content (AvgIpc) is 3.08. The van der Waals surface area contributed by atoms with Crippen LogP contribution in [0.3, 0.4) is 0 Å². The zero-order chi connectivity index (χ0) is 21.9. The zero-order valence-corrected chi connectivity index (χ0v) is 18.5. The van der Waals surface area contributed by atoms with Crippen LogP contribution in [0.4, 0.5) is 0 Å². The van der Waals surface area contributed by atoms with Crippen LogP contribution in [0.1, 0.15) is 19.4 Å². The van der Waals surface area contributed by atoms with Crippen LogP contribution >= 0.6 is 0 Å². The molecule has 0 bridgehead atoms. The molecule has 2 atom stereocenters. The summed E-state index contributed by atoms with van der Waals surface area (Å²) in [7, 11) is -1.95. The Morgan fingerprint density at radius 3 is 2.50 bits per heavy atom. The van der Waals surface area contributed by atoms with Crippen molar-refractivity contribution in [1.82, 2.24) is 13.9 Å². The van der Waals surface area contributed by atoms with Crippen LogP contribution in [0.2, 0.25) is 0 Å². The molecule has 0 saturated carbocycles. The molecular formula is C22H30N4O3S. The summed E-state index contributed by atoms with van der Waals surface area (Å²) >= 11 is 0. The first kappa shape index (κ1) is 22.4. The number of nitrogens with zero attached hydrogens (tertiary/aromatic N) is 3. The summed E-state index contributed by atoms with van der Waals surface area (Å²) in [4.78, 5) is 4.42. The van der Waals surface area contributed by atoms with E-state index >= 15 is 0 Å². The molecule has 3 N–H and O–H groups in total. The van der Waals surface area contributed by atoms with Gasteiger partial charge in [-0.15, -0.1) is 0 Å². The quantitative estimate of drug-likeness (QED) is 0.542. The van der Waals surface area contributed by atoms with Crippen LogP contribution in [0.15, 0.2) is 59.8 Å². The number of aliphatic hydroxyl groups excluding tert-OH is 1. The summed E-state index contributed by atoms with van der Waals surface area (Å²) in [5, 5.41) is 10.7. The van der Waals surface area contributed by atoms with Gasteiger partial charge in [-0.1, -0.05) is 44.2 Å². The number of fused-ring (bicyclic) bond motifs is 1. The van der Waals surface area contributed by atoms with Crippen molar-refractivity contribution >= 4 is 21.1 Å². The van der Waals surface area contributed by atoms with E-state index in [9.17, 15) is 13.5 Å². The highest BCUT2D eigenvalue weighted by molar-refractivity contribution is 7.89. The van der Waals surface area contributed by atoms with Gasteiger partial charge < -0.3 is 15.4 Å². The lowest BCUT2D eigenvalue weighted by molar-refractivity contribution is 0.116. The number of sulfonamides is 1. The standard InChI is InChI=1S/C22H30N4O3S/c1-16(2)13-26(14-22(27)19(23)11-17-7-5-4-6-8-17)30(28,29)18-9-10-21-20(12-18)24-15-25(21)3/h4-10,12,15-16,19,22,27H,11,13-14,23H2,1-3H3/t19-,22+/m0/s1. The monoisotopic (exact) mass is 430 g/mol. The molecule has 30 heavy (non-hydrogen) atoms. The van der Waals surface area contributed by atoms with E-state index in [1.54, 1.807) is 24.5 Å². The summed E-state index contributed by atoms with van der Waals surface area (Å²) in [6, 6.07) is 14.0. The third-order valence-electron chi connectivity index (χ3n) is 5.10. The van der Waals surface area contributed by atoms with Gasteiger partial charge >= 0.3 is 0 Å². The number of aliphatic hydroxyl groups is 1. The Morgan fingerprint density at radius 2 is 1.83 bits per heavy atom. The normalized spacial score (nSPS) is 14.5. The first-order valence-electron chi connectivity index (χ1n) is 10.1. The van der Waals surface area contributed by atoms with Crippen LogP contribution < -0.4 is 5.73 Å². The molecule has 0 unspecified atom stereocenters. The second-order valence-electron chi connectivity index (χ2n) is 8.14. The summed E-state index contributed by atoms with van der Waals surface area (Å²) in [6.07, 6.45) is 1.13. The van der Waals surface area contributed by atoms with Crippen LogP contribution in [0, 0.1) is 5.92 Å². The predicted octanol–water partition coefficient (Wildman–Crippen LogP) is 2.15. The minimum absolute atomic E-state index is 0.0607. The van der Waals surface area contributed by atoms with E-state index in [1.165, 1.54) is 4.31 Å². The van der Waals surface area contributed by atoms with Gasteiger partial charge in [-0.05, 0) is 36.1 Å². The van der Waals surface area contributed by atoms with Gasteiger partial charge in [0.15, 0.2) is 0 Å². The molecule has 0 spiro atoms. The fourth-order valence-electron chi connectivity index (χ4n) is 3.47.